The van der Waals surface area contributed by atoms with E-state index in [1.54, 1.807) is 62.7 Å². The number of amides is 1. The van der Waals surface area contributed by atoms with Gasteiger partial charge in [-0.15, -0.1) is 5.10 Å². The van der Waals surface area contributed by atoms with E-state index in [1.807, 2.05) is 37.3 Å². The summed E-state index contributed by atoms with van der Waals surface area (Å²) in [5.74, 6) is 2.38. The van der Waals surface area contributed by atoms with Crippen LogP contribution in [0.25, 0.3) is 11.4 Å². The van der Waals surface area contributed by atoms with Crippen molar-refractivity contribution in [3.8, 4) is 28.6 Å². The molecule has 0 fully saturated rings. The van der Waals surface area contributed by atoms with Crippen molar-refractivity contribution < 1.29 is 19.0 Å². The van der Waals surface area contributed by atoms with E-state index in [-0.39, 0.29) is 5.91 Å². The van der Waals surface area contributed by atoms with Crippen molar-refractivity contribution in [3.63, 3.8) is 0 Å². The summed E-state index contributed by atoms with van der Waals surface area (Å²) in [4.78, 5) is 22.7. The van der Waals surface area contributed by atoms with Crippen LogP contribution in [-0.2, 0) is 4.79 Å². The summed E-state index contributed by atoms with van der Waals surface area (Å²) < 4.78 is 18.3. The van der Waals surface area contributed by atoms with Gasteiger partial charge in [0.05, 0.1) is 32.6 Å². The van der Waals surface area contributed by atoms with Gasteiger partial charge in [0.15, 0.2) is 5.82 Å². The molecular formula is C27H26N6O4. The van der Waals surface area contributed by atoms with Crippen LogP contribution in [0, 0.1) is 0 Å². The number of methoxy groups -OCH3 is 3. The number of hydrogen-bond acceptors (Lipinski definition) is 8. The van der Waals surface area contributed by atoms with Gasteiger partial charge in [-0.3, -0.25) is 9.78 Å². The van der Waals surface area contributed by atoms with Gasteiger partial charge in [0.1, 0.15) is 23.3 Å². The number of carbonyl (C=O) groups excluding carboxylic acids is 1. The fourth-order valence-corrected chi connectivity index (χ4v) is 4.34. The topological polar surface area (TPSA) is 112 Å². The average molecular weight is 499 g/mol. The fraction of sp³-hybridized carbons (Fsp3) is 0.185. The molecule has 37 heavy (non-hydrogen) atoms. The zero-order valence-electron chi connectivity index (χ0n) is 20.9. The lowest BCUT2D eigenvalue weighted by atomic mass is 9.94. The van der Waals surface area contributed by atoms with E-state index in [1.165, 1.54) is 0 Å². The van der Waals surface area contributed by atoms with Crippen LogP contribution in [0.5, 0.6) is 17.2 Å². The highest BCUT2D eigenvalue weighted by Crippen LogP contribution is 2.41. The second-order valence-electron chi connectivity index (χ2n) is 8.27. The quantitative estimate of drug-likeness (QED) is 0.388. The Morgan fingerprint density at radius 1 is 1.00 bits per heavy atom. The fourth-order valence-electron chi connectivity index (χ4n) is 4.34. The van der Waals surface area contributed by atoms with E-state index in [9.17, 15) is 4.79 Å². The Hall–Kier alpha value is -4.86. The minimum atomic E-state index is -0.672. The monoisotopic (exact) mass is 498 g/mol. The van der Waals surface area contributed by atoms with E-state index in [0.29, 0.717) is 51.5 Å². The van der Waals surface area contributed by atoms with Crippen LogP contribution in [0.4, 0.5) is 11.6 Å². The molecule has 5 rings (SSSR count). The summed E-state index contributed by atoms with van der Waals surface area (Å²) >= 11 is 0. The molecule has 2 N–H and O–H groups in total. The van der Waals surface area contributed by atoms with E-state index < -0.39 is 6.04 Å². The minimum absolute atomic E-state index is 0.326. The Morgan fingerprint density at radius 3 is 2.54 bits per heavy atom. The molecule has 0 bridgehead atoms. The third kappa shape index (κ3) is 4.44. The molecule has 0 saturated heterocycles. The Morgan fingerprint density at radius 2 is 1.81 bits per heavy atom. The van der Waals surface area contributed by atoms with Gasteiger partial charge in [-0.25, -0.2) is 4.68 Å². The minimum Gasteiger partial charge on any atom is -0.497 e. The van der Waals surface area contributed by atoms with Crippen molar-refractivity contribution in [2.45, 2.75) is 13.0 Å². The molecule has 10 heteroatoms. The zero-order chi connectivity index (χ0) is 25.9. The van der Waals surface area contributed by atoms with Gasteiger partial charge in [-0.05, 0) is 49.4 Å². The Balaban J connectivity index is 1.66. The summed E-state index contributed by atoms with van der Waals surface area (Å²) in [5.41, 5.74) is 3.05. The number of nitrogens with one attached hydrogen (secondary N) is 2. The van der Waals surface area contributed by atoms with Crippen LogP contribution >= 0.6 is 0 Å². The molecule has 0 saturated carbocycles. The number of benzene rings is 2. The number of fused-ring (bicyclic) bond motifs is 1. The molecule has 3 heterocycles. The number of para-hydroxylation sites is 2. The molecule has 0 radical (unpaired) electrons. The summed E-state index contributed by atoms with van der Waals surface area (Å²) in [6, 6.07) is 15.7. The van der Waals surface area contributed by atoms with Crippen molar-refractivity contribution in [2.24, 2.45) is 0 Å². The first kappa shape index (κ1) is 23.9. The van der Waals surface area contributed by atoms with E-state index in [0.717, 1.165) is 5.56 Å². The molecule has 4 aromatic rings. The van der Waals surface area contributed by atoms with Crippen molar-refractivity contribution >= 4 is 17.5 Å². The van der Waals surface area contributed by atoms with Gasteiger partial charge in [0, 0.05) is 29.2 Å². The summed E-state index contributed by atoms with van der Waals surface area (Å²) in [6.07, 6.45) is 3.38. The molecule has 188 valence electrons. The lowest BCUT2D eigenvalue weighted by Crippen LogP contribution is -2.31. The molecule has 1 aliphatic rings. The molecule has 10 nitrogen and oxygen atoms in total. The molecule has 2 aromatic heterocycles. The average Bonchev–Trinajstić information content (AvgIpc) is 3.36. The highest BCUT2D eigenvalue weighted by atomic mass is 16.5. The van der Waals surface area contributed by atoms with E-state index in [2.05, 4.69) is 15.6 Å². The molecule has 1 atom stereocenters. The number of allylic oxidation sites excluding steroid dienone is 1. The van der Waals surface area contributed by atoms with Gasteiger partial charge in [0.25, 0.3) is 5.91 Å². The second-order valence-corrected chi connectivity index (χ2v) is 8.27. The standard InChI is InChI=1S/C27H26N6O4/c1-16-23(26(34)30-20-9-5-6-10-22(20)37-4)24(19-14-18(35-2)11-12-21(19)36-3)33-27(29-16)31-25(32-33)17-8-7-13-28-15-17/h5-15,24H,1-4H3,(H,30,34)(H,29,31,32)/t24-/m1/s1. The van der Waals surface area contributed by atoms with Gasteiger partial charge in [-0.1, -0.05) is 12.1 Å². The molecule has 0 aliphatic carbocycles. The second kappa shape index (κ2) is 10.0. The number of rotatable bonds is 7. The SMILES string of the molecule is COc1ccc(OC)c([C@@H]2C(C(=O)Nc3ccccc3OC)=C(C)Nc3nc(-c4cccnc4)nn32)c1. The summed E-state index contributed by atoms with van der Waals surface area (Å²) in [5, 5.41) is 11.0. The van der Waals surface area contributed by atoms with Crippen LogP contribution in [0.1, 0.15) is 18.5 Å². The third-order valence-electron chi connectivity index (χ3n) is 6.10. The molecule has 0 spiro atoms. The number of pyridine rings is 1. The number of nitrogens with zero attached hydrogens (tertiary/aromatic N) is 4. The number of hydrogen-bond donors (Lipinski definition) is 2. The molecular weight excluding hydrogens is 472 g/mol. The van der Waals surface area contributed by atoms with Crippen molar-refractivity contribution in [1.29, 1.82) is 0 Å². The molecule has 1 aliphatic heterocycles. The molecule has 2 aromatic carbocycles. The van der Waals surface area contributed by atoms with E-state index in [4.69, 9.17) is 24.3 Å². The van der Waals surface area contributed by atoms with E-state index >= 15 is 0 Å². The van der Waals surface area contributed by atoms with Crippen LogP contribution in [-0.4, -0.2) is 47.0 Å². The van der Waals surface area contributed by atoms with Crippen molar-refractivity contribution in [2.75, 3.05) is 32.0 Å². The largest absolute Gasteiger partial charge is 0.497 e. The van der Waals surface area contributed by atoms with Crippen LogP contribution in [0.15, 0.2) is 78.3 Å². The maximum Gasteiger partial charge on any atom is 0.255 e. The van der Waals surface area contributed by atoms with Gasteiger partial charge in [-0.2, -0.15) is 4.98 Å². The first-order chi connectivity index (χ1) is 18.0. The molecule has 0 unspecified atom stereocenters. The predicted octanol–water partition coefficient (Wildman–Crippen LogP) is 4.29. The van der Waals surface area contributed by atoms with Gasteiger partial charge >= 0.3 is 0 Å². The van der Waals surface area contributed by atoms with Gasteiger partial charge < -0.3 is 24.8 Å². The van der Waals surface area contributed by atoms with Gasteiger partial charge in [0.2, 0.25) is 5.95 Å². The Kier molecular flexibility index (Phi) is 6.46. The highest BCUT2D eigenvalue weighted by molar-refractivity contribution is 6.06. The van der Waals surface area contributed by atoms with Crippen molar-refractivity contribution in [3.05, 3.63) is 83.8 Å². The summed E-state index contributed by atoms with van der Waals surface area (Å²) in [6.45, 7) is 1.83. The Bertz CT molecular complexity index is 1480. The number of carbonyl (C=O) groups is 1. The number of aromatic nitrogens is 4. The first-order valence-corrected chi connectivity index (χ1v) is 11.5. The smallest absolute Gasteiger partial charge is 0.255 e. The predicted molar refractivity (Wildman–Crippen MR) is 139 cm³/mol. The molecule has 1 amide bonds. The highest BCUT2D eigenvalue weighted by Gasteiger charge is 2.36. The maximum absolute atomic E-state index is 13.9. The van der Waals surface area contributed by atoms with Crippen molar-refractivity contribution in [1.82, 2.24) is 19.7 Å². The lowest BCUT2D eigenvalue weighted by molar-refractivity contribution is -0.113. The normalized spacial score (nSPS) is 14.4. The third-order valence-corrected chi connectivity index (χ3v) is 6.10. The number of ether oxygens (including phenoxy) is 3. The lowest BCUT2D eigenvalue weighted by Gasteiger charge is -2.29. The first-order valence-electron chi connectivity index (χ1n) is 11.5. The Labute approximate surface area is 213 Å². The number of anilines is 2. The summed E-state index contributed by atoms with van der Waals surface area (Å²) in [7, 11) is 4.73. The maximum atomic E-state index is 13.9. The van der Waals surface area contributed by atoms with Crippen LogP contribution in [0.2, 0.25) is 0 Å². The van der Waals surface area contributed by atoms with Crippen LogP contribution < -0.4 is 24.8 Å². The zero-order valence-corrected chi connectivity index (χ0v) is 20.9. The van der Waals surface area contributed by atoms with Crippen LogP contribution in [0.3, 0.4) is 0 Å².